The zero-order valence-corrected chi connectivity index (χ0v) is 12.8. The lowest BCUT2D eigenvalue weighted by molar-refractivity contribution is -0.141. The number of nitrogens with two attached hydrogens (primary N) is 1. The van der Waals surface area contributed by atoms with Crippen molar-refractivity contribution in [2.45, 2.75) is 20.1 Å². The van der Waals surface area contributed by atoms with E-state index in [1.165, 1.54) is 6.08 Å². The Balaban J connectivity index is 2.29. The Morgan fingerprint density at radius 3 is 1.91 bits per heavy atom. The first kappa shape index (κ1) is 15.6. The molecule has 0 aliphatic rings. The van der Waals surface area contributed by atoms with Crippen LogP contribution < -0.4 is 10.6 Å². The molecule has 4 nitrogen and oxygen atoms in total. The molecule has 2 aromatic carbocycles. The van der Waals surface area contributed by atoms with Crippen molar-refractivity contribution in [2.75, 3.05) is 4.90 Å². The summed E-state index contributed by atoms with van der Waals surface area (Å²) in [5, 5.41) is 0. The molecule has 0 heterocycles. The maximum atomic E-state index is 11.8. The van der Waals surface area contributed by atoms with Crippen LogP contribution in [0.3, 0.4) is 0 Å². The highest BCUT2D eigenvalue weighted by molar-refractivity contribution is 5.83. The monoisotopic (exact) mass is 296 g/mol. The number of carbonyl (C=O) groups excluding carboxylic acids is 1. The van der Waals surface area contributed by atoms with Gasteiger partial charge < -0.3 is 15.4 Å². The molecular weight excluding hydrogens is 276 g/mol. The number of carbonyl (C=O) groups is 1. The fraction of sp³-hybridized carbons (Fsp3) is 0.167. The number of para-hydroxylation sites is 2. The molecule has 4 heteroatoms. The molecule has 0 aromatic heterocycles. The maximum absolute atomic E-state index is 11.8. The van der Waals surface area contributed by atoms with Gasteiger partial charge in [-0.05, 0) is 38.1 Å². The molecule has 1 atom stereocenters. The van der Waals surface area contributed by atoms with Crippen molar-refractivity contribution in [1.82, 2.24) is 0 Å². The molecule has 114 valence electrons. The second-order valence-corrected chi connectivity index (χ2v) is 4.97. The number of anilines is 2. The van der Waals surface area contributed by atoms with Crippen molar-refractivity contribution in [1.29, 1.82) is 0 Å². The minimum absolute atomic E-state index is 0.420. The second kappa shape index (κ2) is 7.31. The molecular formula is C18H20N2O2. The SMILES string of the molecule is C/C(N)=C\C(=O)OC(C)N(c1ccccc1)c1ccccc1. The Kier molecular flexibility index (Phi) is 5.20. The zero-order chi connectivity index (χ0) is 15.9. The van der Waals surface area contributed by atoms with Gasteiger partial charge in [0.05, 0.1) is 0 Å². The summed E-state index contributed by atoms with van der Waals surface area (Å²) in [7, 11) is 0. The number of nitrogens with zero attached hydrogens (tertiary/aromatic N) is 1. The number of benzene rings is 2. The van der Waals surface area contributed by atoms with Gasteiger partial charge in [0.2, 0.25) is 0 Å². The van der Waals surface area contributed by atoms with Gasteiger partial charge in [0.15, 0.2) is 6.23 Å². The smallest absolute Gasteiger partial charge is 0.334 e. The fourth-order valence-electron chi connectivity index (χ4n) is 2.19. The average molecular weight is 296 g/mol. The van der Waals surface area contributed by atoms with E-state index in [9.17, 15) is 4.79 Å². The van der Waals surface area contributed by atoms with Crippen molar-refractivity contribution < 1.29 is 9.53 Å². The van der Waals surface area contributed by atoms with Crippen molar-refractivity contribution >= 4 is 17.3 Å². The molecule has 0 amide bonds. The molecule has 0 bridgehead atoms. The summed E-state index contributed by atoms with van der Waals surface area (Å²) in [4.78, 5) is 13.8. The quantitative estimate of drug-likeness (QED) is 0.520. The van der Waals surface area contributed by atoms with E-state index in [0.29, 0.717) is 5.70 Å². The molecule has 2 rings (SSSR count). The maximum Gasteiger partial charge on any atom is 0.334 e. The number of ether oxygens (including phenoxy) is 1. The van der Waals surface area contributed by atoms with Gasteiger partial charge in [-0.1, -0.05) is 36.4 Å². The third-order valence-corrected chi connectivity index (χ3v) is 3.06. The summed E-state index contributed by atoms with van der Waals surface area (Å²) >= 11 is 0. The molecule has 1 unspecified atom stereocenters. The predicted molar refractivity (Wildman–Crippen MR) is 88.5 cm³/mol. The van der Waals surface area contributed by atoms with E-state index in [0.717, 1.165) is 11.4 Å². The highest BCUT2D eigenvalue weighted by Gasteiger charge is 2.19. The molecule has 2 N–H and O–H groups in total. The van der Waals surface area contributed by atoms with Crippen LogP contribution in [0.4, 0.5) is 11.4 Å². The summed E-state index contributed by atoms with van der Waals surface area (Å²) in [6.45, 7) is 3.48. The first-order valence-electron chi connectivity index (χ1n) is 7.11. The third kappa shape index (κ3) is 4.12. The Morgan fingerprint density at radius 2 is 1.50 bits per heavy atom. The largest absolute Gasteiger partial charge is 0.438 e. The van der Waals surface area contributed by atoms with Gasteiger partial charge in [0, 0.05) is 23.1 Å². The van der Waals surface area contributed by atoms with E-state index in [4.69, 9.17) is 10.5 Å². The Morgan fingerprint density at radius 1 is 1.05 bits per heavy atom. The number of esters is 1. The molecule has 0 saturated heterocycles. The summed E-state index contributed by atoms with van der Waals surface area (Å²) in [6, 6.07) is 19.6. The van der Waals surface area contributed by atoms with Crippen LogP contribution in [0.1, 0.15) is 13.8 Å². The summed E-state index contributed by atoms with van der Waals surface area (Å²) < 4.78 is 5.46. The van der Waals surface area contributed by atoms with Crippen LogP contribution in [-0.4, -0.2) is 12.2 Å². The van der Waals surface area contributed by atoms with Gasteiger partial charge >= 0.3 is 5.97 Å². The van der Waals surface area contributed by atoms with Crippen LogP contribution in [0.2, 0.25) is 0 Å². The highest BCUT2D eigenvalue weighted by atomic mass is 16.6. The normalized spacial score (nSPS) is 12.5. The van der Waals surface area contributed by atoms with Gasteiger partial charge in [-0.15, -0.1) is 0 Å². The molecule has 0 aliphatic carbocycles. The number of hydrogen-bond donors (Lipinski definition) is 1. The Bertz CT molecular complexity index is 595. The molecule has 0 radical (unpaired) electrons. The lowest BCUT2D eigenvalue weighted by Gasteiger charge is -2.30. The van der Waals surface area contributed by atoms with Crippen molar-refractivity contribution in [3.05, 3.63) is 72.4 Å². The molecule has 22 heavy (non-hydrogen) atoms. The van der Waals surface area contributed by atoms with Crippen LogP contribution >= 0.6 is 0 Å². The molecule has 0 saturated carbocycles. The van der Waals surface area contributed by atoms with E-state index in [-0.39, 0.29) is 0 Å². The average Bonchev–Trinajstić information content (AvgIpc) is 2.48. The van der Waals surface area contributed by atoms with Gasteiger partial charge in [-0.3, -0.25) is 0 Å². The van der Waals surface area contributed by atoms with E-state index < -0.39 is 12.2 Å². The number of rotatable bonds is 5. The van der Waals surface area contributed by atoms with Crippen molar-refractivity contribution in [3.63, 3.8) is 0 Å². The van der Waals surface area contributed by atoms with Gasteiger partial charge in [-0.2, -0.15) is 0 Å². The predicted octanol–water partition coefficient (Wildman–Crippen LogP) is 3.58. The molecule has 0 spiro atoms. The van der Waals surface area contributed by atoms with Crippen LogP contribution in [0.15, 0.2) is 72.4 Å². The molecule has 2 aromatic rings. The minimum atomic E-state index is -0.465. The highest BCUT2D eigenvalue weighted by Crippen LogP contribution is 2.27. The van der Waals surface area contributed by atoms with E-state index in [2.05, 4.69) is 0 Å². The first-order chi connectivity index (χ1) is 10.6. The van der Waals surface area contributed by atoms with Crippen LogP contribution in [0.5, 0.6) is 0 Å². The summed E-state index contributed by atoms with van der Waals surface area (Å²) in [5.74, 6) is -0.454. The third-order valence-electron chi connectivity index (χ3n) is 3.06. The van der Waals surface area contributed by atoms with E-state index >= 15 is 0 Å². The minimum Gasteiger partial charge on any atom is -0.438 e. The van der Waals surface area contributed by atoms with Crippen LogP contribution in [0.25, 0.3) is 0 Å². The summed E-state index contributed by atoms with van der Waals surface area (Å²) in [5.41, 5.74) is 7.83. The fourth-order valence-corrected chi connectivity index (χ4v) is 2.19. The Labute approximate surface area is 130 Å². The van der Waals surface area contributed by atoms with Crippen molar-refractivity contribution in [2.24, 2.45) is 5.73 Å². The molecule has 0 fully saturated rings. The molecule has 0 aliphatic heterocycles. The number of hydrogen-bond acceptors (Lipinski definition) is 4. The number of allylic oxidation sites excluding steroid dienone is 1. The van der Waals surface area contributed by atoms with Crippen LogP contribution in [0, 0.1) is 0 Å². The lowest BCUT2D eigenvalue weighted by Crippen LogP contribution is -2.32. The Hall–Kier alpha value is -2.75. The van der Waals surface area contributed by atoms with Gasteiger partial charge in [-0.25, -0.2) is 4.79 Å². The van der Waals surface area contributed by atoms with Crippen molar-refractivity contribution in [3.8, 4) is 0 Å². The topological polar surface area (TPSA) is 55.6 Å². The van der Waals surface area contributed by atoms with E-state index in [1.807, 2.05) is 72.5 Å². The zero-order valence-electron chi connectivity index (χ0n) is 12.8. The van der Waals surface area contributed by atoms with Gasteiger partial charge in [0.25, 0.3) is 0 Å². The summed E-state index contributed by atoms with van der Waals surface area (Å²) in [6.07, 6.45) is 0.817. The van der Waals surface area contributed by atoms with E-state index in [1.54, 1.807) is 6.92 Å². The van der Waals surface area contributed by atoms with Gasteiger partial charge in [0.1, 0.15) is 0 Å². The first-order valence-corrected chi connectivity index (χ1v) is 7.11. The van der Waals surface area contributed by atoms with Crippen LogP contribution in [-0.2, 0) is 9.53 Å². The standard InChI is InChI=1S/C18H20N2O2/c1-14(19)13-18(21)22-15(2)20(16-9-5-3-6-10-16)17-11-7-4-8-12-17/h3-13,15H,19H2,1-2H3/b14-13+. The second-order valence-electron chi connectivity index (χ2n) is 4.97. The lowest BCUT2D eigenvalue weighted by atomic mass is 10.2.